The van der Waals surface area contributed by atoms with E-state index in [1.165, 1.54) is 7.11 Å². The molecular weight excluding hydrogens is 471 g/mol. The van der Waals surface area contributed by atoms with Crippen molar-refractivity contribution in [3.63, 3.8) is 0 Å². The Hall–Kier alpha value is -1.47. The molecule has 4 nitrogen and oxygen atoms in total. The molecule has 1 aromatic heterocycles. The molecule has 3 rings (SSSR count). The summed E-state index contributed by atoms with van der Waals surface area (Å²) in [6.45, 7) is 0. The minimum atomic E-state index is -0.485. The molecule has 8 heteroatoms. The molecule has 0 fully saturated rings. The van der Waals surface area contributed by atoms with E-state index in [1.807, 2.05) is 30.5 Å². The molecule has 0 aliphatic carbocycles. The molecule has 0 spiro atoms. The van der Waals surface area contributed by atoms with Crippen molar-refractivity contribution in [1.82, 2.24) is 9.78 Å². The highest BCUT2D eigenvalue weighted by molar-refractivity contribution is 9.10. The number of aromatic nitrogens is 2. The second-order valence-electron chi connectivity index (χ2n) is 5.61. The van der Waals surface area contributed by atoms with Gasteiger partial charge in [0.15, 0.2) is 5.69 Å². The summed E-state index contributed by atoms with van der Waals surface area (Å²) in [6.07, 6.45) is 1.97. The van der Waals surface area contributed by atoms with Crippen LogP contribution in [0.5, 0.6) is 0 Å². The molecule has 0 saturated carbocycles. The van der Waals surface area contributed by atoms with Crippen molar-refractivity contribution in [2.45, 2.75) is 5.75 Å². The summed E-state index contributed by atoms with van der Waals surface area (Å²) in [4.78, 5) is 12.4. The Morgan fingerprint density at radius 1 is 1.22 bits per heavy atom. The predicted octanol–water partition coefficient (Wildman–Crippen LogP) is 6.26. The molecule has 0 amide bonds. The van der Waals surface area contributed by atoms with Gasteiger partial charge in [-0.1, -0.05) is 51.3 Å². The second kappa shape index (κ2) is 8.69. The van der Waals surface area contributed by atoms with Crippen molar-refractivity contribution in [2.75, 3.05) is 13.4 Å². The summed E-state index contributed by atoms with van der Waals surface area (Å²) in [6, 6.07) is 12.9. The number of carbonyl (C=O) groups is 1. The van der Waals surface area contributed by atoms with E-state index in [4.69, 9.17) is 27.9 Å². The molecule has 0 radical (unpaired) electrons. The number of hydrogen-bond acceptors (Lipinski definition) is 4. The average Bonchev–Trinajstić information content (AvgIpc) is 3.01. The number of carbonyl (C=O) groups excluding carboxylic acids is 1. The van der Waals surface area contributed by atoms with Crippen LogP contribution in [0.15, 0.2) is 46.9 Å². The zero-order chi connectivity index (χ0) is 19.6. The Morgan fingerprint density at radius 3 is 2.52 bits per heavy atom. The van der Waals surface area contributed by atoms with Crippen molar-refractivity contribution in [1.29, 1.82) is 0 Å². The highest BCUT2D eigenvalue weighted by Crippen LogP contribution is 2.35. The third-order valence-corrected chi connectivity index (χ3v) is 5.53. The third kappa shape index (κ3) is 4.19. The highest BCUT2D eigenvalue weighted by Gasteiger charge is 2.25. The van der Waals surface area contributed by atoms with Gasteiger partial charge in [-0.15, -0.1) is 0 Å². The second-order valence-corrected chi connectivity index (χ2v) is 8.24. The van der Waals surface area contributed by atoms with Gasteiger partial charge in [-0.05, 0) is 36.6 Å². The Morgan fingerprint density at radius 2 is 1.93 bits per heavy atom. The van der Waals surface area contributed by atoms with Crippen molar-refractivity contribution in [3.05, 3.63) is 68.2 Å². The number of benzene rings is 2. The Kier molecular flexibility index (Phi) is 6.52. The van der Waals surface area contributed by atoms with Gasteiger partial charge in [-0.25, -0.2) is 9.48 Å². The molecule has 0 aliphatic heterocycles. The monoisotopic (exact) mass is 484 g/mol. The first-order valence-electron chi connectivity index (χ1n) is 7.86. The normalized spacial score (nSPS) is 10.9. The molecular formula is C19H15BrCl2N2O2S. The molecule has 0 N–H and O–H groups in total. The lowest BCUT2D eigenvalue weighted by Gasteiger charge is -2.12. The number of esters is 1. The molecule has 0 atom stereocenters. The van der Waals surface area contributed by atoms with E-state index >= 15 is 0 Å². The van der Waals surface area contributed by atoms with E-state index in [-0.39, 0.29) is 5.69 Å². The van der Waals surface area contributed by atoms with Gasteiger partial charge >= 0.3 is 5.97 Å². The van der Waals surface area contributed by atoms with Gasteiger partial charge in [0.25, 0.3) is 0 Å². The first-order valence-corrected chi connectivity index (χ1v) is 10.8. The van der Waals surface area contributed by atoms with Crippen LogP contribution in [-0.4, -0.2) is 29.1 Å². The van der Waals surface area contributed by atoms with Crippen LogP contribution in [0.25, 0.3) is 16.9 Å². The molecule has 2 aromatic carbocycles. The Balaban J connectivity index is 2.33. The SMILES string of the molecule is COC(=O)c1nn(-c2ccc(Br)cc2Cl)c(-c2ccc(Cl)cc2)c1CSC. The van der Waals surface area contributed by atoms with Gasteiger partial charge in [0.1, 0.15) is 0 Å². The predicted molar refractivity (Wildman–Crippen MR) is 115 cm³/mol. The molecule has 1 heterocycles. The number of ether oxygens (including phenoxy) is 1. The third-order valence-electron chi connectivity index (χ3n) is 3.91. The fourth-order valence-electron chi connectivity index (χ4n) is 2.72. The van der Waals surface area contributed by atoms with Crippen LogP contribution in [-0.2, 0) is 10.5 Å². The summed E-state index contributed by atoms with van der Waals surface area (Å²) < 4.78 is 7.49. The first-order chi connectivity index (χ1) is 13.0. The minimum Gasteiger partial charge on any atom is -0.464 e. The fourth-order valence-corrected chi connectivity index (χ4v) is 4.17. The van der Waals surface area contributed by atoms with Crippen LogP contribution in [0.3, 0.4) is 0 Å². The molecule has 0 saturated heterocycles. The van der Waals surface area contributed by atoms with E-state index in [9.17, 15) is 4.79 Å². The number of halogens is 3. The zero-order valence-electron chi connectivity index (χ0n) is 14.5. The number of nitrogens with zero attached hydrogens (tertiary/aromatic N) is 2. The molecule has 0 unspecified atom stereocenters. The summed E-state index contributed by atoms with van der Waals surface area (Å²) >= 11 is 17.5. The van der Waals surface area contributed by atoms with Crippen LogP contribution in [0.2, 0.25) is 10.0 Å². The standard InChI is InChI=1S/C19H15BrCl2N2O2S/c1-26-19(25)17-14(10-27-2)18(11-3-6-13(21)7-4-11)24(23-17)16-8-5-12(20)9-15(16)22/h3-9H,10H2,1-2H3. The number of hydrogen-bond donors (Lipinski definition) is 0. The van der Waals surface area contributed by atoms with E-state index in [1.54, 1.807) is 34.6 Å². The van der Waals surface area contributed by atoms with Crippen LogP contribution < -0.4 is 0 Å². The van der Waals surface area contributed by atoms with Crippen molar-refractivity contribution in [3.8, 4) is 16.9 Å². The Labute approximate surface area is 179 Å². The quantitative estimate of drug-likeness (QED) is 0.400. The lowest BCUT2D eigenvalue weighted by molar-refractivity contribution is 0.0592. The van der Waals surface area contributed by atoms with Crippen LogP contribution in [0.1, 0.15) is 16.1 Å². The summed E-state index contributed by atoms with van der Waals surface area (Å²) in [5, 5.41) is 5.69. The van der Waals surface area contributed by atoms with Crippen molar-refractivity contribution in [2.24, 2.45) is 0 Å². The van der Waals surface area contributed by atoms with E-state index < -0.39 is 5.97 Å². The molecule has 27 heavy (non-hydrogen) atoms. The summed E-state index contributed by atoms with van der Waals surface area (Å²) in [5.41, 5.74) is 3.39. The van der Waals surface area contributed by atoms with Crippen LogP contribution in [0.4, 0.5) is 0 Å². The maximum Gasteiger partial charge on any atom is 0.358 e. The smallest absolute Gasteiger partial charge is 0.358 e. The number of thioether (sulfide) groups is 1. The average molecular weight is 486 g/mol. The first kappa shape index (κ1) is 20.3. The minimum absolute atomic E-state index is 0.274. The lowest BCUT2D eigenvalue weighted by atomic mass is 10.1. The maximum atomic E-state index is 12.4. The highest BCUT2D eigenvalue weighted by atomic mass is 79.9. The summed E-state index contributed by atoms with van der Waals surface area (Å²) in [5.74, 6) is 0.109. The van der Waals surface area contributed by atoms with Crippen LogP contribution >= 0.6 is 50.9 Å². The van der Waals surface area contributed by atoms with Gasteiger partial charge < -0.3 is 4.74 Å². The van der Waals surface area contributed by atoms with E-state index in [2.05, 4.69) is 21.0 Å². The number of rotatable bonds is 5. The molecule has 0 aliphatic rings. The topological polar surface area (TPSA) is 44.1 Å². The maximum absolute atomic E-state index is 12.4. The van der Waals surface area contributed by atoms with E-state index in [0.717, 1.165) is 21.3 Å². The van der Waals surface area contributed by atoms with Crippen molar-refractivity contribution >= 4 is 56.9 Å². The van der Waals surface area contributed by atoms with Gasteiger partial charge in [-0.3, -0.25) is 0 Å². The summed E-state index contributed by atoms with van der Waals surface area (Å²) in [7, 11) is 1.35. The lowest BCUT2D eigenvalue weighted by Crippen LogP contribution is -2.06. The van der Waals surface area contributed by atoms with Crippen molar-refractivity contribution < 1.29 is 9.53 Å². The zero-order valence-corrected chi connectivity index (χ0v) is 18.4. The van der Waals surface area contributed by atoms with Gasteiger partial charge in [0, 0.05) is 26.4 Å². The largest absolute Gasteiger partial charge is 0.464 e. The van der Waals surface area contributed by atoms with Gasteiger partial charge in [0.05, 0.1) is 23.5 Å². The van der Waals surface area contributed by atoms with Gasteiger partial charge in [0.2, 0.25) is 0 Å². The Bertz CT molecular complexity index is 990. The van der Waals surface area contributed by atoms with Crippen LogP contribution in [0, 0.1) is 0 Å². The van der Waals surface area contributed by atoms with Gasteiger partial charge in [-0.2, -0.15) is 16.9 Å². The molecule has 0 bridgehead atoms. The fraction of sp³-hybridized carbons (Fsp3) is 0.158. The van der Waals surface area contributed by atoms with E-state index in [0.29, 0.717) is 21.5 Å². The molecule has 3 aromatic rings. The molecule has 140 valence electrons. The number of methoxy groups -OCH3 is 1.